The summed E-state index contributed by atoms with van der Waals surface area (Å²) in [5.41, 5.74) is 2.51. The molecule has 1 aromatic carbocycles. The number of hydrogen-bond donors (Lipinski definition) is 0. The van der Waals surface area contributed by atoms with E-state index in [9.17, 15) is 4.79 Å². The molecule has 1 saturated heterocycles. The molecule has 0 radical (unpaired) electrons. The lowest BCUT2D eigenvalue weighted by atomic mass is 10.0. The number of carbonyl (C=O) groups excluding carboxylic acids is 1. The average molecular weight is 276 g/mol. The Balaban J connectivity index is 2.46. The number of allylic oxidation sites excluding steroid dienone is 1. The summed E-state index contributed by atoms with van der Waals surface area (Å²) >= 11 is 5.20. The molecule has 4 nitrogen and oxygen atoms in total. The van der Waals surface area contributed by atoms with E-state index in [1.165, 1.54) is 4.90 Å². The third-order valence-corrected chi connectivity index (χ3v) is 3.84. The molecule has 1 aliphatic rings. The maximum Gasteiger partial charge on any atom is 0.276 e. The van der Waals surface area contributed by atoms with Crippen molar-refractivity contribution in [3.05, 3.63) is 35.5 Å². The molecule has 1 heterocycles. The molecule has 1 aromatic rings. The van der Waals surface area contributed by atoms with E-state index < -0.39 is 0 Å². The molecular weight excluding hydrogens is 260 g/mol. The maximum absolute atomic E-state index is 12.2. The van der Waals surface area contributed by atoms with Crippen LogP contribution in [0.5, 0.6) is 5.75 Å². The smallest absolute Gasteiger partial charge is 0.276 e. The van der Waals surface area contributed by atoms with Gasteiger partial charge in [-0.25, -0.2) is 0 Å². The van der Waals surface area contributed by atoms with Crippen molar-refractivity contribution in [1.82, 2.24) is 9.80 Å². The molecule has 0 spiro atoms. The van der Waals surface area contributed by atoms with Crippen molar-refractivity contribution in [3.8, 4) is 5.75 Å². The molecule has 2 rings (SSSR count). The highest BCUT2D eigenvalue weighted by atomic mass is 32.1. The first kappa shape index (κ1) is 13.5. The fourth-order valence-electron chi connectivity index (χ4n) is 2.10. The number of methoxy groups -OCH3 is 1. The Bertz CT molecular complexity index is 563. The van der Waals surface area contributed by atoms with Crippen molar-refractivity contribution in [2.75, 3.05) is 21.2 Å². The van der Waals surface area contributed by atoms with E-state index >= 15 is 0 Å². The SMILES string of the molecule is COc1ccc(/C(C)=C2/C(=O)N(C)C(=S)N2C)cc1. The number of rotatable bonds is 2. The van der Waals surface area contributed by atoms with E-state index in [2.05, 4.69) is 0 Å². The molecule has 1 amide bonds. The molecule has 100 valence electrons. The normalized spacial score (nSPS) is 18.1. The molecule has 0 unspecified atom stereocenters. The van der Waals surface area contributed by atoms with Gasteiger partial charge in [0.15, 0.2) is 5.11 Å². The summed E-state index contributed by atoms with van der Waals surface area (Å²) in [6, 6.07) is 7.62. The van der Waals surface area contributed by atoms with Gasteiger partial charge in [0.05, 0.1) is 7.11 Å². The minimum atomic E-state index is -0.0687. The van der Waals surface area contributed by atoms with Crippen LogP contribution >= 0.6 is 12.2 Å². The van der Waals surface area contributed by atoms with Crippen LogP contribution in [0.25, 0.3) is 5.57 Å². The molecule has 0 aromatic heterocycles. The predicted octanol–water partition coefficient (Wildman–Crippen LogP) is 2.11. The van der Waals surface area contributed by atoms with Crippen molar-refractivity contribution < 1.29 is 9.53 Å². The zero-order chi connectivity index (χ0) is 14.2. The van der Waals surface area contributed by atoms with Crippen LogP contribution in [0.3, 0.4) is 0 Å². The Labute approximate surface area is 118 Å². The molecule has 1 fully saturated rings. The van der Waals surface area contributed by atoms with Gasteiger partial charge >= 0.3 is 0 Å². The van der Waals surface area contributed by atoms with Gasteiger partial charge in [0, 0.05) is 14.1 Å². The van der Waals surface area contributed by atoms with Crippen LogP contribution in [0, 0.1) is 0 Å². The number of amides is 1. The Morgan fingerprint density at radius 1 is 1.16 bits per heavy atom. The van der Waals surface area contributed by atoms with Crippen molar-refractivity contribution in [1.29, 1.82) is 0 Å². The lowest BCUT2D eigenvalue weighted by Crippen LogP contribution is -2.26. The highest BCUT2D eigenvalue weighted by Gasteiger charge is 2.34. The fourth-order valence-corrected chi connectivity index (χ4v) is 2.27. The van der Waals surface area contributed by atoms with Gasteiger partial charge in [-0.1, -0.05) is 12.1 Å². The second kappa shape index (κ2) is 5.01. The van der Waals surface area contributed by atoms with Gasteiger partial charge in [-0.05, 0) is 42.4 Å². The van der Waals surface area contributed by atoms with Crippen molar-refractivity contribution >= 4 is 28.8 Å². The largest absolute Gasteiger partial charge is 0.497 e. The van der Waals surface area contributed by atoms with Gasteiger partial charge in [-0.15, -0.1) is 0 Å². The second-order valence-corrected chi connectivity index (χ2v) is 4.77. The van der Waals surface area contributed by atoms with Crippen molar-refractivity contribution in [2.24, 2.45) is 0 Å². The van der Waals surface area contributed by atoms with Crippen LogP contribution in [0.2, 0.25) is 0 Å². The highest BCUT2D eigenvalue weighted by molar-refractivity contribution is 7.80. The quantitative estimate of drug-likeness (QED) is 0.612. The van der Waals surface area contributed by atoms with Gasteiger partial charge in [0.25, 0.3) is 5.91 Å². The fraction of sp³-hybridized carbons (Fsp3) is 0.286. The Kier molecular flexibility index (Phi) is 3.57. The Hall–Kier alpha value is -1.88. The lowest BCUT2D eigenvalue weighted by Gasteiger charge is -2.13. The summed E-state index contributed by atoms with van der Waals surface area (Å²) in [5, 5.41) is 0.521. The van der Waals surface area contributed by atoms with E-state index in [1.807, 2.05) is 38.2 Å². The van der Waals surface area contributed by atoms with Gasteiger partial charge < -0.3 is 9.64 Å². The topological polar surface area (TPSA) is 32.8 Å². The Morgan fingerprint density at radius 2 is 1.74 bits per heavy atom. The summed E-state index contributed by atoms with van der Waals surface area (Å²) in [6.07, 6.45) is 0. The van der Waals surface area contributed by atoms with E-state index in [0.29, 0.717) is 10.8 Å². The summed E-state index contributed by atoms with van der Waals surface area (Å²) in [6.45, 7) is 1.92. The molecule has 0 atom stereocenters. The number of benzene rings is 1. The summed E-state index contributed by atoms with van der Waals surface area (Å²) in [4.78, 5) is 15.4. The third kappa shape index (κ3) is 2.21. The maximum atomic E-state index is 12.2. The molecular formula is C14H16N2O2S. The molecule has 5 heteroatoms. The van der Waals surface area contributed by atoms with Crippen LogP contribution in [-0.2, 0) is 4.79 Å². The number of thiocarbonyl (C=S) groups is 1. The minimum absolute atomic E-state index is 0.0687. The van der Waals surface area contributed by atoms with E-state index in [4.69, 9.17) is 17.0 Å². The van der Waals surface area contributed by atoms with Crippen molar-refractivity contribution in [3.63, 3.8) is 0 Å². The van der Waals surface area contributed by atoms with E-state index in [0.717, 1.165) is 16.9 Å². The summed E-state index contributed by atoms with van der Waals surface area (Å²) in [7, 11) is 5.13. The van der Waals surface area contributed by atoms with Gasteiger partial charge in [-0.2, -0.15) is 0 Å². The first-order valence-corrected chi connectivity index (χ1v) is 6.29. The summed E-state index contributed by atoms with van der Waals surface area (Å²) in [5.74, 6) is 0.723. The molecule has 0 N–H and O–H groups in total. The highest BCUT2D eigenvalue weighted by Crippen LogP contribution is 2.27. The second-order valence-electron chi connectivity index (χ2n) is 4.41. The number of likely N-dealkylation sites (N-methyl/N-ethyl adjacent to an activating group) is 2. The number of nitrogens with zero attached hydrogens (tertiary/aromatic N) is 2. The zero-order valence-electron chi connectivity index (χ0n) is 11.4. The van der Waals surface area contributed by atoms with Gasteiger partial charge in [-0.3, -0.25) is 9.69 Å². The minimum Gasteiger partial charge on any atom is -0.497 e. The molecule has 1 aliphatic heterocycles. The third-order valence-electron chi connectivity index (χ3n) is 3.29. The standard InChI is InChI=1S/C14H16N2O2S/c1-9(10-5-7-11(18-4)8-6-10)12-13(17)16(3)14(19)15(12)2/h5-8H,1-4H3/b12-9-. The lowest BCUT2D eigenvalue weighted by molar-refractivity contribution is -0.121. The molecule has 19 heavy (non-hydrogen) atoms. The van der Waals surface area contributed by atoms with Crippen LogP contribution in [-0.4, -0.2) is 42.0 Å². The molecule has 0 saturated carbocycles. The van der Waals surface area contributed by atoms with Crippen LogP contribution < -0.4 is 4.74 Å². The van der Waals surface area contributed by atoms with Gasteiger partial charge in [0.2, 0.25) is 0 Å². The van der Waals surface area contributed by atoms with E-state index in [-0.39, 0.29) is 5.91 Å². The monoisotopic (exact) mass is 276 g/mol. The number of carbonyl (C=O) groups is 1. The van der Waals surface area contributed by atoms with Crippen LogP contribution in [0.1, 0.15) is 12.5 Å². The first-order chi connectivity index (χ1) is 8.97. The van der Waals surface area contributed by atoms with Crippen LogP contribution in [0.15, 0.2) is 30.0 Å². The zero-order valence-corrected chi connectivity index (χ0v) is 12.2. The molecule has 0 aliphatic carbocycles. The number of hydrogen-bond acceptors (Lipinski definition) is 3. The molecule has 0 bridgehead atoms. The first-order valence-electron chi connectivity index (χ1n) is 5.88. The van der Waals surface area contributed by atoms with E-state index in [1.54, 1.807) is 19.1 Å². The Morgan fingerprint density at radius 3 is 2.16 bits per heavy atom. The van der Waals surface area contributed by atoms with Crippen LogP contribution in [0.4, 0.5) is 0 Å². The van der Waals surface area contributed by atoms with Gasteiger partial charge in [0.1, 0.15) is 11.4 Å². The number of ether oxygens (including phenoxy) is 1. The van der Waals surface area contributed by atoms with Crippen molar-refractivity contribution in [2.45, 2.75) is 6.92 Å². The average Bonchev–Trinajstić information content (AvgIpc) is 2.62. The summed E-state index contributed by atoms with van der Waals surface area (Å²) < 4.78 is 5.13. The predicted molar refractivity (Wildman–Crippen MR) is 78.7 cm³/mol.